The van der Waals surface area contributed by atoms with Crippen LogP contribution in [-0.4, -0.2) is 42.3 Å². The highest BCUT2D eigenvalue weighted by Gasteiger charge is 2.37. The molecule has 3 rings (SSSR count). The Balaban J connectivity index is 1.60. The lowest BCUT2D eigenvalue weighted by Crippen LogP contribution is -2.58. The van der Waals surface area contributed by atoms with Gasteiger partial charge in [0.2, 0.25) is 0 Å². The van der Waals surface area contributed by atoms with Crippen LogP contribution in [-0.2, 0) is 4.74 Å². The molecule has 18 heavy (non-hydrogen) atoms. The number of ether oxygens (including phenoxy) is 1. The minimum absolute atomic E-state index is 0.155. The smallest absolute Gasteiger partial charge is 0.318 e. The highest BCUT2D eigenvalue weighted by atomic mass is 16.5. The van der Waals surface area contributed by atoms with Crippen LogP contribution in [0.3, 0.4) is 0 Å². The van der Waals surface area contributed by atoms with E-state index in [0.29, 0.717) is 24.8 Å². The van der Waals surface area contributed by atoms with Crippen LogP contribution >= 0.6 is 0 Å². The number of hydrogen-bond donors (Lipinski definition) is 1. The molecule has 2 atom stereocenters. The number of urea groups is 1. The molecule has 0 radical (unpaired) electrons. The Morgan fingerprint density at radius 1 is 1.06 bits per heavy atom. The second-order valence-corrected chi connectivity index (χ2v) is 5.89. The first-order valence-electron chi connectivity index (χ1n) is 7.53. The van der Waals surface area contributed by atoms with Crippen molar-refractivity contribution in [2.45, 2.75) is 69.6 Å². The van der Waals surface area contributed by atoms with Crippen molar-refractivity contribution in [2.75, 3.05) is 13.2 Å². The van der Waals surface area contributed by atoms with Crippen molar-refractivity contribution in [3.05, 3.63) is 0 Å². The first-order chi connectivity index (χ1) is 8.84. The Bertz CT molecular complexity index is 300. The van der Waals surface area contributed by atoms with Crippen LogP contribution in [0.25, 0.3) is 0 Å². The van der Waals surface area contributed by atoms with Crippen molar-refractivity contribution in [2.24, 2.45) is 0 Å². The number of fused-ring (bicyclic) bond motifs is 1. The molecule has 0 aromatic carbocycles. The molecule has 0 aromatic rings. The molecule has 2 aliphatic carbocycles. The van der Waals surface area contributed by atoms with Gasteiger partial charge < -0.3 is 15.0 Å². The van der Waals surface area contributed by atoms with Crippen molar-refractivity contribution >= 4 is 6.03 Å². The van der Waals surface area contributed by atoms with E-state index in [9.17, 15) is 4.79 Å². The Kier molecular flexibility index (Phi) is 3.73. The molecule has 2 amide bonds. The maximum atomic E-state index is 12.4. The minimum atomic E-state index is 0.155. The van der Waals surface area contributed by atoms with Crippen molar-refractivity contribution in [3.63, 3.8) is 0 Å². The summed E-state index contributed by atoms with van der Waals surface area (Å²) < 4.78 is 5.81. The maximum Gasteiger partial charge on any atom is 0.318 e. The van der Waals surface area contributed by atoms with Gasteiger partial charge in [-0.2, -0.15) is 0 Å². The van der Waals surface area contributed by atoms with Crippen LogP contribution in [0.15, 0.2) is 0 Å². The summed E-state index contributed by atoms with van der Waals surface area (Å²) in [5.41, 5.74) is 0. The molecule has 1 N–H and O–H groups in total. The Morgan fingerprint density at radius 2 is 1.78 bits per heavy atom. The summed E-state index contributed by atoms with van der Waals surface area (Å²) in [7, 11) is 0. The van der Waals surface area contributed by atoms with E-state index in [1.165, 1.54) is 25.7 Å². The van der Waals surface area contributed by atoms with Gasteiger partial charge in [-0.15, -0.1) is 0 Å². The Labute approximate surface area is 109 Å². The molecular weight excluding hydrogens is 228 g/mol. The average molecular weight is 252 g/mol. The van der Waals surface area contributed by atoms with Gasteiger partial charge >= 0.3 is 6.03 Å². The number of carbonyl (C=O) groups excluding carboxylic acids is 1. The minimum Gasteiger partial charge on any atom is -0.374 e. The molecule has 0 bridgehead atoms. The predicted molar refractivity (Wildman–Crippen MR) is 69.5 cm³/mol. The number of amides is 2. The number of carbonyl (C=O) groups is 1. The molecule has 102 valence electrons. The second-order valence-electron chi connectivity index (χ2n) is 5.89. The Morgan fingerprint density at radius 3 is 2.61 bits per heavy atom. The van der Waals surface area contributed by atoms with Crippen LogP contribution in [0.1, 0.15) is 51.4 Å². The molecular formula is C14H24N2O2. The zero-order valence-electron chi connectivity index (χ0n) is 11.1. The molecule has 1 heterocycles. The van der Waals surface area contributed by atoms with E-state index in [1.54, 1.807) is 0 Å². The quantitative estimate of drug-likeness (QED) is 0.778. The molecule has 2 unspecified atom stereocenters. The van der Waals surface area contributed by atoms with Gasteiger partial charge in [-0.05, 0) is 25.7 Å². The van der Waals surface area contributed by atoms with Gasteiger partial charge in [0, 0.05) is 12.6 Å². The molecule has 1 aliphatic heterocycles. The normalized spacial score (nSPS) is 33.2. The van der Waals surface area contributed by atoms with E-state index in [-0.39, 0.29) is 6.03 Å². The molecule has 4 heteroatoms. The fourth-order valence-corrected chi connectivity index (χ4v) is 3.68. The molecule has 3 fully saturated rings. The predicted octanol–water partition coefficient (Wildman–Crippen LogP) is 2.28. The van der Waals surface area contributed by atoms with Crippen LogP contribution < -0.4 is 5.32 Å². The molecule has 1 saturated heterocycles. The van der Waals surface area contributed by atoms with Crippen molar-refractivity contribution < 1.29 is 9.53 Å². The lowest BCUT2D eigenvalue weighted by molar-refractivity contribution is -0.0714. The van der Waals surface area contributed by atoms with E-state index in [2.05, 4.69) is 5.32 Å². The van der Waals surface area contributed by atoms with Crippen LogP contribution in [0.2, 0.25) is 0 Å². The summed E-state index contributed by atoms with van der Waals surface area (Å²) in [6.07, 6.45) is 9.86. The molecule has 3 aliphatic rings. The van der Waals surface area contributed by atoms with Crippen molar-refractivity contribution in [1.29, 1.82) is 0 Å². The zero-order valence-corrected chi connectivity index (χ0v) is 11.1. The third kappa shape index (κ3) is 2.48. The van der Waals surface area contributed by atoms with Gasteiger partial charge in [-0.25, -0.2) is 4.79 Å². The summed E-state index contributed by atoms with van der Waals surface area (Å²) in [6.45, 7) is 1.47. The lowest BCUT2D eigenvalue weighted by Gasteiger charge is -2.44. The first-order valence-corrected chi connectivity index (χ1v) is 7.53. The average Bonchev–Trinajstić information content (AvgIpc) is 2.91. The summed E-state index contributed by atoms with van der Waals surface area (Å²) in [6, 6.07) is 0.901. The van der Waals surface area contributed by atoms with Crippen molar-refractivity contribution in [3.8, 4) is 0 Å². The van der Waals surface area contributed by atoms with Crippen LogP contribution in [0.4, 0.5) is 4.79 Å². The third-order valence-corrected chi connectivity index (χ3v) is 4.68. The van der Waals surface area contributed by atoms with E-state index in [4.69, 9.17) is 4.74 Å². The van der Waals surface area contributed by atoms with E-state index >= 15 is 0 Å². The standard InChI is InChI=1S/C14H24N2O2/c17-14(15-11-5-1-2-6-11)16-9-10-18-13-8-4-3-7-12(13)16/h11-13H,1-10H2,(H,15,17). The van der Waals surface area contributed by atoms with Gasteiger partial charge in [0.15, 0.2) is 0 Å². The first kappa shape index (κ1) is 12.3. The van der Waals surface area contributed by atoms with Gasteiger partial charge in [-0.1, -0.05) is 25.7 Å². The summed E-state index contributed by atoms with van der Waals surface area (Å²) in [5, 5.41) is 3.21. The highest BCUT2D eigenvalue weighted by Crippen LogP contribution is 2.28. The van der Waals surface area contributed by atoms with Crippen LogP contribution in [0.5, 0.6) is 0 Å². The lowest BCUT2D eigenvalue weighted by atomic mass is 9.90. The van der Waals surface area contributed by atoms with E-state index < -0.39 is 0 Å². The number of rotatable bonds is 1. The second kappa shape index (κ2) is 5.47. The topological polar surface area (TPSA) is 41.6 Å². The Hall–Kier alpha value is -0.770. The largest absolute Gasteiger partial charge is 0.374 e. The maximum absolute atomic E-state index is 12.4. The third-order valence-electron chi connectivity index (χ3n) is 4.68. The fourth-order valence-electron chi connectivity index (χ4n) is 3.68. The van der Waals surface area contributed by atoms with Crippen molar-refractivity contribution in [1.82, 2.24) is 10.2 Å². The SMILES string of the molecule is O=C(NC1CCCC1)N1CCOC2CCCCC21. The fraction of sp³-hybridized carbons (Fsp3) is 0.929. The summed E-state index contributed by atoms with van der Waals surface area (Å²) in [5.74, 6) is 0. The molecule has 2 saturated carbocycles. The monoisotopic (exact) mass is 252 g/mol. The van der Waals surface area contributed by atoms with E-state index in [1.807, 2.05) is 4.90 Å². The van der Waals surface area contributed by atoms with Gasteiger partial charge in [0.1, 0.15) is 0 Å². The zero-order chi connectivity index (χ0) is 12.4. The summed E-state index contributed by atoms with van der Waals surface area (Å²) in [4.78, 5) is 14.4. The van der Waals surface area contributed by atoms with Gasteiger partial charge in [0.05, 0.1) is 18.8 Å². The summed E-state index contributed by atoms with van der Waals surface area (Å²) >= 11 is 0. The number of nitrogens with one attached hydrogen (secondary N) is 1. The molecule has 4 nitrogen and oxygen atoms in total. The number of nitrogens with zero attached hydrogens (tertiary/aromatic N) is 1. The number of hydrogen-bond acceptors (Lipinski definition) is 2. The number of morpholine rings is 1. The van der Waals surface area contributed by atoms with Gasteiger partial charge in [0.25, 0.3) is 0 Å². The molecule has 0 spiro atoms. The highest BCUT2D eigenvalue weighted by molar-refractivity contribution is 5.75. The van der Waals surface area contributed by atoms with Gasteiger partial charge in [-0.3, -0.25) is 0 Å². The molecule has 0 aromatic heterocycles. The van der Waals surface area contributed by atoms with Crippen LogP contribution in [0, 0.1) is 0 Å². The van der Waals surface area contributed by atoms with E-state index in [0.717, 1.165) is 32.2 Å².